The zero-order valence-corrected chi connectivity index (χ0v) is 39.5. The van der Waals surface area contributed by atoms with E-state index in [0.29, 0.717) is 0 Å². The molecule has 3 heterocycles. The summed E-state index contributed by atoms with van der Waals surface area (Å²) in [6, 6.07) is -1.11. The number of aliphatic hydroxyl groups excluding tert-OH is 9. The van der Waals surface area contributed by atoms with E-state index in [9.17, 15) is 55.5 Å². The number of methoxy groups -OCH3 is 2. The first-order valence-corrected chi connectivity index (χ1v) is 23.1. The number of aliphatic hydroxyl groups is 9. The molecule has 3 aliphatic rings. The van der Waals surface area contributed by atoms with Crippen molar-refractivity contribution >= 4 is 11.9 Å². The third kappa shape index (κ3) is 18.8. The zero-order chi connectivity index (χ0) is 49.8. The number of allylic oxidation sites excluding steroid dienone is 12. The Morgan fingerprint density at radius 2 is 1.24 bits per heavy atom. The van der Waals surface area contributed by atoms with E-state index in [1.165, 1.54) is 7.11 Å². The Morgan fingerprint density at radius 3 is 1.82 bits per heavy atom. The largest absolute Gasteiger partial charge is 0.469 e. The van der Waals surface area contributed by atoms with Gasteiger partial charge in [0.1, 0.15) is 18.1 Å². The van der Waals surface area contributed by atoms with Crippen molar-refractivity contribution < 1.29 is 84.0 Å². The molecule has 0 saturated carbocycles. The number of hydrogen-bond donors (Lipinski definition) is 10. The Labute approximate surface area is 394 Å². The molecule has 0 radical (unpaired) electrons. The van der Waals surface area contributed by atoms with Crippen LogP contribution in [0.15, 0.2) is 85.1 Å². The number of fused-ring (bicyclic) bond motifs is 2. The Bertz CT molecular complexity index is 1700. The molecule has 18 heteroatoms. The minimum absolute atomic E-state index is 0.0690. The lowest BCUT2D eigenvalue weighted by molar-refractivity contribution is -0.317. The number of ether oxygens (including phenoxy) is 6. The van der Waals surface area contributed by atoms with E-state index in [1.807, 2.05) is 49.5 Å². The first-order chi connectivity index (χ1) is 31.7. The summed E-state index contributed by atoms with van der Waals surface area (Å²) in [6.07, 6.45) is 6.20. The van der Waals surface area contributed by atoms with Gasteiger partial charge in [0.15, 0.2) is 12.1 Å². The van der Waals surface area contributed by atoms with Crippen LogP contribution in [-0.2, 0) is 38.0 Å². The average molecular weight is 952 g/mol. The smallest absolute Gasteiger partial charge is 0.313 e. The highest BCUT2D eigenvalue weighted by Gasteiger charge is 2.52. The van der Waals surface area contributed by atoms with Crippen LogP contribution in [0.5, 0.6) is 0 Å². The minimum Gasteiger partial charge on any atom is -0.469 e. The molecule has 0 unspecified atom stereocenters. The van der Waals surface area contributed by atoms with Crippen LogP contribution in [-0.4, -0.2) is 170 Å². The highest BCUT2D eigenvalue weighted by Crippen LogP contribution is 2.40. The maximum Gasteiger partial charge on any atom is 0.313 e. The van der Waals surface area contributed by atoms with Crippen LogP contribution in [0.4, 0.5) is 0 Å². The van der Waals surface area contributed by atoms with E-state index in [4.69, 9.17) is 34.2 Å². The summed E-state index contributed by atoms with van der Waals surface area (Å²) in [5, 5.41) is 97.8. The van der Waals surface area contributed by atoms with Crippen LogP contribution in [0, 0.1) is 17.8 Å². The van der Waals surface area contributed by atoms with E-state index < -0.39 is 128 Å². The van der Waals surface area contributed by atoms with Gasteiger partial charge in [-0.1, -0.05) is 98.9 Å². The van der Waals surface area contributed by atoms with Crippen molar-refractivity contribution in [1.29, 1.82) is 0 Å². The van der Waals surface area contributed by atoms with Crippen LogP contribution >= 0.6 is 0 Å². The maximum absolute atomic E-state index is 13.2. The van der Waals surface area contributed by atoms with Crippen LogP contribution in [0.3, 0.4) is 0 Å². The predicted octanol–water partition coefficient (Wildman–Crippen LogP) is 1.45. The van der Waals surface area contributed by atoms with Gasteiger partial charge in [-0.3, -0.25) is 9.59 Å². The van der Waals surface area contributed by atoms with Gasteiger partial charge in [0.2, 0.25) is 0 Å². The molecule has 0 aromatic heterocycles. The molecule has 2 saturated heterocycles. The number of carbonyl (C=O) groups is 2. The molecule has 380 valence electrons. The first-order valence-electron chi connectivity index (χ1n) is 23.1. The molecule has 3 aliphatic heterocycles. The number of rotatable bonds is 4. The summed E-state index contributed by atoms with van der Waals surface area (Å²) >= 11 is 0. The summed E-state index contributed by atoms with van der Waals surface area (Å²) in [5.74, 6) is -5.23. The molecule has 3 rings (SSSR count). The van der Waals surface area contributed by atoms with Crippen LogP contribution in [0.1, 0.15) is 79.1 Å². The van der Waals surface area contributed by atoms with Gasteiger partial charge in [0, 0.05) is 44.6 Å². The second-order valence-electron chi connectivity index (χ2n) is 17.9. The summed E-state index contributed by atoms with van der Waals surface area (Å²) in [7, 11) is 2.44. The maximum atomic E-state index is 13.2. The van der Waals surface area contributed by atoms with E-state index in [1.54, 1.807) is 63.3 Å². The van der Waals surface area contributed by atoms with Gasteiger partial charge in [-0.05, 0) is 33.1 Å². The van der Waals surface area contributed by atoms with Gasteiger partial charge in [0.25, 0.3) is 0 Å². The number of hydrogen-bond acceptors (Lipinski definition) is 18. The normalized spacial score (nSPS) is 44.4. The minimum atomic E-state index is -1.73. The van der Waals surface area contributed by atoms with Crippen molar-refractivity contribution in [2.75, 3.05) is 14.2 Å². The fourth-order valence-corrected chi connectivity index (χ4v) is 8.28. The van der Waals surface area contributed by atoms with Crippen molar-refractivity contribution in [3.05, 3.63) is 85.1 Å². The number of cyclic esters (lactones) is 1. The number of carbonyl (C=O) groups excluding carboxylic acids is 2. The van der Waals surface area contributed by atoms with Crippen molar-refractivity contribution in [2.45, 2.75) is 177 Å². The zero-order valence-electron chi connectivity index (χ0n) is 39.5. The van der Waals surface area contributed by atoms with E-state index in [2.05, 4.69) is 0 Å². The van der Waals surface area contributed by atoms with Gasteiger partial charge in [0.05, 0.1) is 86.7 Å². The fraction of sp³-hybridized carbons (Fsp3) is 0.673. The standard InChI is InChI=1S/C49H77NO17/c1-29-19-17-15-13-11-9-7-8-10-12-14-16-18-20-36(66-48-46(60)43(50)45(59)32(4)65-48)26-40-42(47(61)62-5)39(56)28-49(63-6,67-40)27-35(53)24-38(55)37(54)22-21-33(51)23-34(52)25-41(57)64-31(3)30(2)44(29)58/h7-20,29-40,42-46,48,51-56,58-60H,21-28,50H2,1-6H3/b8-7+,11-9+,12-10+,15-13+,16-14+,19-17+,20-18+/t29-,30-,31-,32+,33+,34+,35-,36-,37+,38+,39-,40-,42+,43-,44+,45+,46-,48-,49+/m0/s1. The molecule has 0 aliphatic carbocycles. The molecule has 0 amide bonds. The van der Waals surface area contributed by atoms with E-state index in [-0.39, 0.29) is 50.9 Å². The Balaban J connectivity index is 1.91. The second-order valence-corrected chi connectivity index (χ2v) is 17.9. The summed E-state index contributed by atoms with van der Waals surface area (Å²) < 4.78 is 34.7. The molecule has 11 N–H and O–H groups in total. The molecule has 0 aromatic rings. The van der Waals surface area contributed by atoms with Gasteiger partial charge < -0.3 is 80.1 Å². The summed E-state index contributed by atoms with van der Waals surface area (Å²) in [6.45, 7) is 6.82. The van der Waals surface area contributed by atoms with Crippen molar-refractivity contribution in [2.24, 2.45) is 23.5 Å². The lowest BCUT2D eigenvalue weighted by atomic mass is 9.82. The van der Waals surface area contributed by atoms with Crippen molar-refractivity contribution in [3.63, 3.8) is 0 Å². The van der Waals surface area contributed by atoms with Crippen LogP contribution < -0.4 is 5.73 Å². The summed E-state index contributed by atoms with van der Waals surface area (Å²) in [4.78, 5) is 25.8. The fourth-order valence-electron chi connectivity index (χ4n) is 8.28. The molecule has 0 spiro atoms. The number of nitrogens with two attached hydrogens (primary N) is 1. The number of esters is 2. The highest BCUT2D eigenvalue weighted by molar-refractivity contribution is 5.74. The molecular weight excluding hydrogens is 875 g/mol. The Kier molecular flexibility index (Phi) is 25.0. The van der Waals surface area contributed by atoms with Crippen molar-refractivity contribution in [1.82, 2.24) is 0 Å². The van der Waals surface area contributed by atoms with Crippen LogP contribution in [0.2, 0.25) is 0 Å². The third-order valence-electron chi connectivity index (χ3n) is 12.6. The summed E-state index contributed by atoms with van der Waals surface area (Å²) in [5.41, 5.74) is 6.09. The second kappa shape index (κ2) is 28.9. The first kappa shape index (κ1) is 57.9. The van der Waals surface area contributed by atoms with Crippen molar-refractivity contribution in [3.8, 4) is 0 Å². The van der Waals surface area contributed by atoms with Gasteiger partial charge in [-0.15, -0.1) is 0 Å². The lowest BCUT2D eigenvalue weighted by Crippen LogP contribution is -2.61. The monoisotopic (exact) mass is 952 g/mol. The van der Waals surface area contributed by atoms with Crippen LogP contribution in [0.25, 0.3) is 0 Å². The predicted molar refractivity (Wildman–Crippen MR) is 246 cm³/mol. The van der Waals surface area contributed by atoms with Gasteiger partial charge >= 0.3 is 11.9 Å². The Morgan fingerprint density at radius 1 is 0.657 bits per heavy atom. The average Bonchev–Trinajstić information content (AvgIpc) is 3.27. The quantitative estimate of drug-likeness (QED) is 0.178. The molecule has 0 aromatic carbocycles. The molecule has 2 bridgehead atoms. The highest BCUT2D eigenvalue weighted by atomic mass is 16.7. The van der Waals surface area contributed by atoms with E-state index in [0.717, 1.165) is 7.11 Å². The lowest BCUT2D eigenvalue weighted by Gasteiger charge is -2.47. The van der Waals surface area contributed by atoms with Gasteiger partial charge in [-0.2, -0.15) is 0 Å². The molecular formula is C49H77NO17. The SMILES string of the molecule is COC(=O)[C@H]1[C@@H]2C[C@@H](O[C@@H]3O[C@H](C)[C@@H](O)[C@H](N)[C@@H]3O)/C=C/C=C/C=C/C=C/C=C/C=C/C=C/[C@H](C)[C@@H](O)[C@@H](C)[C@H](C)OC(=O)C[C@H](O)C[C@H](O)CC[C@@H](O)[C@H](O)C[C@H](O)C[C@](OC)(C[C@@H]1O)O2. The topological polar surface area (TPSA) is 298 Å². The third-order valence-corrected chi connectivity index (χ3v) is 12.6. The molecule has 2 fully saturated rings. The van der Waals surface area contributed by atoms with Gasteiger partial charge in [-0.25, -0.2) is 0 Å². The molecule has 67 heavy (non-hydrogen) atoms. The Hall–Kier alpha value is -3.44. The molecule has 18 nitrogen and oxygen atoms in total. The van der Waals surface area contributed by atoms with E-state index >= 15 is 0 Å². The molecule has 19 atom stereocenters.